The monoisotopic (exact) mass is 355 g/mol. The fourth-order valence-corrected chi connectivity index (χ4v) is 3.58. The van der Waals surface area contributed by atoms with Gasteiger partial charge in [-0.3, -0.25) is 4.79 Å². The van der Waals surface area contributed by atoms with E-state index >= 15 is 0 Å². The number of para-hydroxylation sites is 1. The summed E-state index contributed by atoms with van der Waals surface area (Å²) in [6.45, 7) is 4.55. The largest absolute Gasteiger partial charge is 0.494 e. The molecule has 0 aliphatic rings. The molecule has 3 nitrogen and oxygen atoms in total. The Labute approximate surface area is 158 Å². The molecular weight excluding hydrogens is 334 g/mol. The molecule has 0 amide bonds. The zero-order chi connectivity index (χ0) is 18.8. The van der Waals surface area contributed by atoms with Crippen LogP contribution in [0.5, 0.6) is 5.75 Å². The maximum Gasteiger partial charge on any atom is 0.195 e. The number of aromatic nitrogens is 1. The summed E-state index contributed by atoms with van der Waals surface area (Å²) >= 11 is 0. The number of benzene rings is 3. The summed E-state index contributed by atoms with van der Waals surface area (Å²) in [4.78, 5) is 13.3. The third-order valence-corrected chi connectivity index (χ3v) is 4.76. The second-order valence-electron chi connectivity index (χ2n) is 6.44. The van der Waals surface area contributed by atoms with Crippen molar-refractivity contribution in [2.45, 2.75) is 13.8 Å². The summed E-state index contributed by atoms with van der Waals surface area (Å²) in [5.74, 6) is 0.804. The van der Waals surface area contributed by atoms with Crippen LogP contribution in [0.2, 0.25) is 0 Å². The number of carbonyl (C=O) groups excluding carboxylic acids is 1. The molecule has 4 aromatic rings. The van der Waals surface area contributed by atoms with Crippen LogP contribution in [0.1, 0.15) is 28.5 Å². The number of ketones is 1. The highest BCUT2D eigenvalue weighted by atomic mass is 16.5. The molecule has 0 aliphatic carbocycles. The first-order valence-electron chi connectivity index (χ1n) is 9.13. The Morgan fingerprint density at radius 3 is 2.26 bits per heavy atom. The molecule has 0 spiro atoms. The van der Waals surface area contributed by atoms with E-state index in [1.165, 1.54) is 0 Å². The number of fused-ring (bicyclic) bond motifs is 1. The van der Waals surface area contributed by atoms with Gasteiger partial charge in [-0.05, 0) is 44.2 Å². The molecule has 0 saturated heterocycles. The van der Waals surface area contributed by atoms with E-state index in [0.29, 0.717) is 12.2 Å². The Morgan fingerprint density at radius 2 is 1.59 bits per heavy atom. The van der Waals surface area contributed by atoms with Crippen LogP contribution >= 0.6 is 0 Å². The van der Waals surface area contributed by atoms with Gasteiger partial charge in [0.25, 0.3) is 0 Å². The maximum absolute atomic E-state index is 13.3. The standard InChI is InChI=1S/C24H21NO2/c1-3-27-20-14-15-22-21(16-20)23(24(26)18-10-6-4-7-11-18)17(2)25(22)19-12-8-5-9-13-19/h4-16H,3H2,1-2H3. The third kappa shape index (κ3) is 3.02. The van der Waals surface area contributed by atoms with Crippen molar-refractivity contribution in [1.29, 1.82) is 0 Å². The van der Waals surface area contributed by atoms with E-state index in [1.807, 2.05) is 80.6 Å². The highest BCUT2D eigenvalue weighted by Gasteiger charge is 2.22. The number of carbonyl (C=O) groups is 1. The van der Waals surface area contributed by atoms with Crippen LogP contribution in [-0.2, 0) is 0 Å². The third-order valence-electron chi connectivity index (χ3n) is 4.76. The van der Waals surface area contributed by atoms with Crippen LogP contribution in [0.3, 0.4) is 0 Å². The van der Waals surface area contributed by atoms with Crippen molar-refractivity contribution in [3.05, 3.63) is 95.7 Å². The fraction of sp³-hybridized carbons (Fsp3) is 0.125. The van der Waals surface area contributed by atoms with Crippen LogP contribution in [0, 0.1) is 6.92 Å². The number of ether oxygens (including phenoxy) is 1. The van der Waals surface area contributed by atoms with Gasteiger partial charge in [0.05, 0.1) is 17.7 Å². The number of hydrogen-bond acceptors (Lipinski definition) is 2. The van der Waals surface area contributed by atoms with E-state index in [1.54, 1.807) is 0 Å². The molecule has 4 rings (SSSR count). The molecule has 0 bridgehead atoms. The van der Waals surface area contributed by atoms with Gasteiger partial charge in [-0.1, -0.05) is 48.5 Å². The molecule has 1 aromatic heterocycles. The Hall–Kier alpha value is -3.33. The second kappa shape index (κ2) is 7.12. The molecular formula is C24H21NO2. The Kier molecular flexibility index (Phi) is 4.51. The first kappa shape index (κ1) is 17.1. The zero-order valence-corrected chi connectivity index (χ0v) is 15.5. The molecule has 0 N–H and O–H groups in total. The van der Waals surface area contributed by atoms with E-state index in [0.717, 1.165) is 33.6 Å². The average molecular weight is 355 g/mol. The van der Waals surface area contributed by atoms with Crippen molar-refractivity contribution in [3.63, 3.8) is 0 Å². The topological polar surface area (TPSA) is 31.2 Å². The van der Waals surface area contributed by atoms with Gasteiger partial charge in [0, 0.05) is 22.3 Å². The van der Waals surface area contributed by atoms with Gasteiger partial charge >= 0.3 is 0 Å². The van der Waals surface area contributed by atoms with Gasteiger partial charge < -0.3 is 9.30 Å². The van der Waals surface area contributed by atoms with E-state index in [2.05, 4.69) is 16.7 Å². The van der Waals surface area contributed by atoms with Crippen LogP contribution in [0.15, 0.2) is 78.9 Å². The highest BCUT2D eigenvalue weighted by Crippen LogP contribution is 2.33. The van der Waals surface area contributed by atoms with Gasteiger partial charge in [-0.25, -0.2) is 0 Å². The van der Waals surface area contributed by atoms with Gasteiger partial charge in [-0.15, -0.1) is 0 Å². The lowest BCUT2D eigenvalue weighted by molar-refractivity contribution is 0.103. The number of hydrogen-bond donors (Lipinski definition) is 0. The smallest absolute Gasteiger partial charge is 0.195 e. The van der Waals surface area contributed by atoms with Crippen molar-refractivity contribution < 1.29 is 9.53 Å². The van der Waals surface area contributed by atoms with Crippen molar-refractivity contribution >= 4 is 16.7 Å². The van der Waals surface area contributed by atoms with Gasteiger partial charge in [0.2, 0.25) is 0 Å². The lowest BCUT2D eigenvalue weighted by Crippen LogP contribution is -2.04. The lowest BCUT2D eigenvalue weighted by atomic mass is 10.0. The van der Waals surface area contributed by atoms with Crippen LogP contribution in [0.25, 0.3) is 16.6 Å². The van der Waals surface area contributed by atoms with E-state index in [9.17, 15) is 4.79 Å². The Bertz CT molecular complexity index is 1100. The van der Waals surface area contributed by atoms with Crippen LogP contribution < -0.4 is 4.74 Å². The number of rotatable bonds is 5. The first-order chi connectivity index (χ1) is 13.2. The predicted octanol–water partition coefficient (Wildman–Crippen LogP) is 5.57. The lowest BCUT2D eigenvalue weighted by Gasteiger charge is -2.09. The predicted molar refractivity (Wildman–Crippen MR) is 109 cm³/mol. The molecule has 0 saturated carbocycles. The molecule has 27 heavy (non-hydrogen) atoms. The average Bonchev–Trinajstić information content (AvgIpc) is 3.00. The Balaban J connectivity index is 2.00. The fourth-order valence-electron chi connectivity index (χ4n) is 3.58. The molecule has 3 heteroatoms. The molecule has 0 unspecified atom stereocenters. The van der Waals surface area contributed by atoms with Crippen molar-refractivity contribution in [2.75, 3.05) is 6.61 Å². The molecule has 1 heterocycles. The minimum Gasteiger partial charge on any atom is -0.494 e. The van der Waals surface area contributed by atoms with Crippen LogP contribution in [-0.4, -0.2) is 17.0 Å². The summed E-state index contributed by atoms with van der Waals surface area (Å²) in [7, 11) is 0. The first-order valence-corrected chi connectivity index (χ1v) is 9.13. The summed E-state index contributed by atoms with van der Waals surface area (Å²) < 4.78 is 7.83. The molecule has 3 aromatic carbocycles. The van der Waals surface area contributed by atoms with Crippen LogP contribution in [0.4, 0.5) is 0 Å². The van der Waals surface area contributed by atoms with E-state index < -0.39 is 0 Å². The molecule has 0 atom stereocenters. The minimum absolute atomic E-state index is 0.0291. The summed E-state index contributed by atoms with van der Waals surface area (Å²) in [5, 5.41) is 0.913. The quantitative estimate of drug-likeness (QED) is 0.438. The molecule has 134 valence electrons. The molecule has 0 aliphatic heterocycles. The summed E-state index contributed by atoms with van der Waals surface area (Å²) in [6.07, 6.45) is 0. The van der Waals surface area contributed by atoms with E-state index in [4.69, 9.17) is 4.74 Å². The van der Waals surface area contributed by atoms with Crippen molar-refractivity contribution in [3.8, 4) is 11.4 Å². The van der Waals surface area contributed by atoms with Crippen molar-refractivity contribution in [2.24, 2.45) is 0 Å². The Morgan fingerprint density at radius 1 is 0.926 bits per heavy atom. The molecule has 0 fully saturated rings. The van der Waals surface area contributed by atoms with Gasteiger partial charge in [0.15, 0.2) is 5.78 Å². The molecule has 0 radical (unpaired) electrons. The van der Waals surface area contributed by atoms with Gasteiger partial charge in [-0.2, -0.15) is 0 Å². The maximum atomic E-state index is 13.3. The highest BCUT2D eigenvalue weighted by molar-refractivity contribution is 6.18. The minimum atomic E-state index is 0.0291. The zero-order valence-electron chi connectivity index (χ0n) is 15.5. The summed E-state index contributed by atoms with van der Waals surface area (Å²) in [5.41, 5.74) is 4.38. The van der Waals surface area contributed by atoms with Gasteiger partial charge in [0.1, 0.15) is 5.75 Å². The van der Waals surface area contributed by atoms with Crippen molar-refractivity contribution in [1.82, 2.24) is 4.57 Å². The second-order valence-corrected chi connectivity index (χ2v) is 6.44. The normalized spacial score (nSPS) is 10.9. The van der Waals surface area contributed by atoms with E-state index in [-0.39, 0.29) is 5.78 Å². The summed E-state index contributed by atoms with van der Waals surface area (Å²) in [6, 6.07) is 25.5. The number of nitrogens with zero attached hydrogens (tertiary/aromatic N) is 1. The SMILES string of the molecule is CCOc1ccc2c(c1)c(C(=O)c1ccccc1)c(C)n2-c1ccccc1.